The molecule has 0 spiro atoms. The van der Waals surface area contributed by atoms with Gasteiger partial charge in [-0.2, -0.15) is 0 Å². The molecule has 0 saturated carbocycles. The first-order valence-corrected chi connectivity index (χ1v) is 7.25. The van der Waals surface area contributed by atoms with Crippen molar-refractivity contribution in [3.05, 3.63) is 12.2 Å². The van der Waals surface area contributed by atoms with Crippen LogP contribution in [0.25, 0.3) is 0 Å². The minimum Gasteiger partial charge on any atom is -0.379 e. The Balaban J connectivity index is 2.77. The molecule has 18 heavy (non-hydrogen) atoms. The van der Waals surface area contributed by atoms with E-state index in [1.807, 2.05) is 0 Å². The molecule has 1 fully saturated rings. The molecule has 0 aromatic rings. The summed E-state index contributed by atoms with van der Waals surface area (Å²) in [6.45, 7) is 14.8. The highest BCUT2D eigenvalue weighted by atomic mass is 16.5. The number of hydrogen-bond acceptors (Lipinski definition) is 3. The first kappa shape index (κ1) is 15.7. The van der Waals surface area contributed by atoms with Gasteiger partial charge in [0.05, 0.1) is 13.2 Å². The van der Waals surface area contributed by atoms with Gasteiger partial charge in [-0.05, 0) is 33.2 Å². The molecule has 1 N–H and O–H groups in total. The summed E-state index contributed by atoms with van der Waals surface area (Å²) in [6.07, 6.45) is 3.28. The van der Waals surface area contributed by atoms with Crippen molar-refractivity contribution in [2.24, 2.45) is 0 Å². The molecule has 1 rings (SSSR count). The topological polar surface area (TPSA) is 24.5 Å². The Morgan fingerprint density at radius 1 is 1.39 bits per heavy atom. The van der Waals surface area contributed by atoms with Crippen LogP contribution < -0.4 is 5.32 Å². The summed E-state index contributed by atoms with van der Waals surface area (Å²) in [5, 5.41) is 3.51. The van der Waals surface area contributed by atoms with Crippen LogP contribution in [0.2, 0.25) is 0 Å². The van der Waals surface area contributed by atoms with Crippen LogP contribution >= 0.6 is 0 Å². The number of morpholine rings is 1. The largest absolute Gasteiger partial charge is 0.379 e. The van der Waals surface area contributed by atoms with E-state index in [2.05, 4.69) is 44.6 Å². The quantitative estimate of drug-likeness (QED) is 0.706. The van der Waals surface area contributed by atoms with Gasteiger partial charge in [0.25, 0.3) is 0 Å². The van der Waals surface area contributed by atoms with Crippen LogP contribution in [0, 0.1) is 0 Å². The maximum Gasteiger partial charge on any atom is 0.0594 e. The van der Waals surface area contributed by atoms with Crippen molar-refractivity contribution >= 4 is 0 Å². The molecule has 0 aliphatic carbocycles. The van der Waals surface area contributed by atoms with E-state index in [-0.39, 0.29) is 5.54 Å². The molecule has 2 atom stereocenters. The Morgan fingerprint density at radius 2 is 2.00 bits per heavy atom. The lowest BCUT2D eigenvalue weighted by Gasteiger charge is -2.48. The second kappa shape index (κ2) is 7.27. The molecule has 0 aromatic heterocycles. The summed E-state index contributed by atoms with van der Waals surface area (Å²) in [5.74, 6) is 0. The fourth-order valence-corrected chi connectivity index (χ4v) is 2.83. The fourth-order valence-electron chi connectivity index (χ4n) is 2.83. The van der Waals surface area contributed by atoms with Gasteiger partial charge in [0.2, 0.25) is 0 Å². The SMILES string of the molecule is C=C(CC)CC(NC)C(C)(CC)N1CCOCC1. The van der Waals surface area contributed by atoms with E-state index in [0.29, 0.717) is 6.04 Å². The molecule has 3 heteroatoms. The number of nitrogens with zero attached hydrogens (tertiary/aromatic N) is 1. The lowest BCUT2D eigenvalue weighted by molar-refractivity contribution is -0.0313. The molecule has 0 amide bonds. The van der Waals surface area contributed by atoms with E-state index in [1.54, 1.807) is 0 Å². The molecule has 0 radical (unpaired) electrons. The molecule has 1 saturated heterocycles. The first-order chi connectivity index (χ1) is 8.58. The Hall–Kier alpha value is -0.380. The monoisotopic (exact) mass is 254 g/mol. The highest BCUT2D eigenvalue weighted by molar-refractivity contribution is 5.05. The molecule has 1 aliphatic heterocycles. The Kier molecular flexibility index (Phi) is 6.33. The minimum absolute atomic E-state index is 0.191. The zero-order chi connectivity index (χ0) is 13.6. The van der Waals surface area contributed by atoms with E-state index >= 15 is 0 Å². The van der Waals surface area contributed by atoms with E-state index in [9.17, 15) is 0 Å². The van der Waals surface area contributed by atoms with E-state index in [1.165, 1.54) is 5.57 Å². The Morgan fingerprint density at radius 3 is 2.44 bits per heavy atom. The second-order valence-electron chi connectivity index (χ2n) is 5.46. The van der Waals surface area contributed by atoms with Gasteiger partial charge in [-0.25, -0.2) is 0 Å². The third-order valence-corrected chi connectivity index (χ3v) is 4.54. The highest BCUT2D eigenvalue weighted by Crippen LogP contribution is 2.28. The van der Waals surface area contributed by atoms with Crippen molar-refractivity contribution in [2.45, 2.75) is 51.6 Å². The average Bonchev–Trinajstić information content (AvgIpc) is 2.44. The summed E-state index contributed by atoms with van der Waals surface area (Å²) in [5.41, 5.74) is 1.53. The summed E-state index contributed by atoms with van der Waals surface area (Å²) in [4.78, 5) is 2.58. The molecule has 2 unspecified atom stereocenters. The van der Waals surface area contributed by atoms with Crippen LogP contribution in [-0.2, 0) is 4.74 Å². The smallest absolute Gasteiger partial charge is 0.0594 e. The zero-order valence-electron chi connectivity index (χ0n) is 12.6. The average molecular weight is 254 g/mol. The summed E-state index contributed by atoms with van der Waals surface area (Å²) in [7, 11) is 2.07. The minimum atomic E-state index is 0.191. The molecule has 3 nitrogen and oxygen atoms in total. The van der Waals surface area contributed by atoms with Gasteiger partial charge in [-0.1, -0.05) is 26.0 Å². The third-order valence-electron chi connectivity index (χ3n) is 4.54. The van der Waals surface area contributed by atoms with E-state index < -0.39 is 0 Å². The van der Waals surface area contributed by atoms with Gasteiger partial charge in [-0.15, -0.1) is 0 Å². The molecular weight excluding hydrogens is 224 g/mol. The number of rotatable bonds is 7. The zero-order valence-corrected chi connectivity index (χ0v) is 12.6. The van der Waals surface area contributed by atoms with Crippen molar-refractivity contribution in [1.29, 1.82) is 0 Å². The Bertz CT molecular complexity index is 261. The standard InChI is InChI=1S/C15H30N2O/c1-6-13(3)12-14(16-5)15(4,7-2)17-8-10-18-11-9-17/h14,16H,3,6-12H2,1-2,4-5H3. The van der Waals surface area contributed by atoms with Crippen LogP contribution in [0.5, 0.6) is 0 Å². The van der Waals surface area contributed by atoms with Crippen LogP contribution in [0.4, 0.5) is 0 Å². The summed E-state index contributed by atoms with van der Waals surface area (Å²) >= 11 is 0. The Labute approximate surface area is 113 Å². The lowest BCUT2D eigenvalue weighted by atomic mass is 9.83. The molecule has 1 heterocycles. The predicted octanol–water partition coefficient (Wildman–Crippen LogP) is 2.43. The van der Waals surface area contributed by atoms with Crippen LogP contribution in [0.3, 0.4) is 0 Å². The first-order valence-electron chi connectivity index (χ1n) is 7.25. The molecule has 0 aromatic carbocycles. The molecule has 1 aliphatic rings. The maximum atomic E-state index is 5.48. The predicted molar refractivity (Wildman–Crippen MR) is 78.0 cm³/mol. The van der Waals surface area contributed by atoms with Gasteiger partial charge in [0.1, 0.15) is 0 Å². The molecular formula is C15H30N2O. The van der Waals surface area contributed by atoms with E-state index in [4.69, 9.17) is 4.74 Å². The summed E-state index contributed by atoms with van der Waals surface area (Å²) < 4.78 is 5.48. The van der Waals surface area contributed by atoms with Crippen molar-refractivity contribution in [2.75, 3.05) is 33.4 Å². The van der Waals surface area contributed by atoms with E-state index in [0.717, 1.165) is 45.6 Å². The summed E-state index contributed by atoms with van der Waals surface area (Å²) in [6, 6.07) is 0.466. The van der Waals surface area contributed by atoms with Crippen molar-refractivity contribution in [1.82, 2.24) is 10.2 Å². The number of nitrogens with one attached hydrogen (secondary N) is 1. The van der Waals surface area contributed by atoms with Gasteiger partial charge in [0, 0.05) is 24.7 Å². The van der Waals surface area contributed by atoms with Gasteiger partial charge in [-0.3, -0.25) is 4.90 Å². The van der Waals surface area contributed by atoms with Crippen LogP contribution in [-0.4, -0.2) is 49.8 Å². The van der Waals surface area contributed by atoms with Gasteiger partial charge in [0.15, 0.2) is 0 Å². The van der Waals surface area contributed by atoms with Crippen molar-refractivity contribution in [3.63, 3.8) is 0 Å². The second-order valence-corrected chi connectivity index (χ2v) is 5.46. The maximum absolute atomic E-state index is 5.48. The normalized spacial score (nSPS) is 22.4. The van der Waals surface area contributed by atoms with Crippen LogP contribution in [0.1, 0.15) is 40.0 Å². The third kappa shape index (κ3) is 3.56. The lowest BCUT2D eigenvalue weighted by Crippen LogP contribution is -2.61. The highest BCUT2D eigenvalue weighted by Gasteiger charge is 2.38. The number of ether oxygens (including phenoxy) is 1. The fraction of sp³-hybridized carbons (Fsp3) is 0.867. The number of hydrogen-bond donors (Lipinski definition) is 1. The van der Waals surface area contributed by atoms with Crippen molar-refractivity contribution < 1.29 is 4.74 Å². The number of likely N-dealkylation sites (N-methyl/N-ethyl adjacent to an activating group) is 1. The molecule has 0 bridgehead atoms. The van der Waals surface area contributed by atoms with Crippen molar-refractivity contribution in [3.8, 4) is 0 Å². The van der Waals surface area contributed by atoms with Crippen LogP contribution in [0.15, 0.2) is 12.2 Å². The van der Waals surface area contributed by atoms with Gasteiger partial charge < -0.3 is 10.1 Å². The van der Waals surface area contributed by atoms with Gasteiger partial charge >= 0.3 is 0 Å². The molecule has 106 valence electrons.